The fraction of sp³-hybridized carbons (Fsp3) is 0.182. The van der Waals surface area contributed by atoms with Crippen molar-refractivity contribution in [3.8, 4) is 0 Å². The molecule has 19 heavy (non-hydrogen) atoms. The number of halogens is 3. The summed E-state index contributed by atoms with van der Waals surface area (Å²) in [5.41, 5.74) is -1.24. The van der Waals surface area contributed by atoms with Crippen LogP contribution in [0.3, 0.4) is 0 Å². The van der Waals surface area contributed by atoms with Gasteiger partial charge in [-0.1, -0.05) is 0 Å². The van der Waals surface area contributed by atoms with Gasteiger partial charge >= 0.3 is 6.18 Å². The molecule has 0 atom stereocenters. The molecule has 0 aliphatic carbocycles. The van der Waals surface area contributed by atoms with Gasteiger partial charge in [0.1, 0.15) is 0 Å². The molecule has 0 bridgehead atoms. The van der Waals surface area contributed by atoms with Gasteiger partial charge in [0.2, 0.25) is 0 Å². The van der Waals surface area contributed by atoms with Gasteiger partial charge in [-0.3, -0.25) is 14.5 Å². The number of carbonyl (C=O) groups is 1. The Balaban J connectivity index is 2.29. The minimum atomic E-state index is -4.61. The number of hydrogen-bond donors (Lipinski definition) is 1. The van der Waals surface area contributed by atoms with E-state index >= 15 is 0 Å². The van der Waals surface area contributed by atoms with Crippen LogP contribution in [0.1, 0.15) is 15.9 Å². The predicted molar refractivity (Wildman–Crippen MR) is 60.4 cm³/mol. The molecule has 8 heteroatoms. The Kier molecular flexibility index (Phi) is 3.24. The van der Waals surface area contributed by atoms with E-state index in [-0.39, 0.29) is 0 Å². The molecular formula is C11H9F3N4O. The van der Waals surface area contributed by atoms with Crippen molar-refractivity contribution in [2.24, 2.45) is 7.05 Å². The number of hydrogen-bond acceptors (Lipinski definition) is 3. The second-order valence-corrected chi connectivity index (χ2v) is 3.78. The van der Waals surface area contributed by atoms with Crippen molar-refractivity contribution in [2.45, 2.75) is 6.18 Å². The Morgan fingerprint density at radius 1 is 1.37 bits per heavy atom. The third-order valence-corrected chi connectivity index (χ3v) is 2.33. The van der Waals surface area contributed by atoms with Gasteiger partial charge in [-0.05, 0) is 6.07 Å². The molecule has 0 spiro atoms. The average Bonchev–Trinajstić information content (AvgIpc) is 2.73. The topological polar surface area (TPSA) is 59.8 Å². The molecule has 2 heterocycles. The third-order valence-electron chi connectivity index (χ3n) is 2.33. The number of carbonyl (C=O) groups excluding carboxylic acids is 1. The van der Waals surface area contributed by atoms with Crippen molar-refractivity contribution in [1.29, 1.82) is 0 Å². The lowest BCUT2D eigenvalue weighted by molar-refractivity contribution is -0.137. The zero-order chi connectivity index (χ0) is 14.0. The van der Waals surface area contributed by atoms with Crippen LogP contribution in [-0.4, -0.2) is 20.7 Å². The number of aromatic nitrogens is 3. The summed E-state index contributed by atoms with van der Waals surface area (Å²) in [6.45, 7) is 0. The van der Waals surface area contributed by atoms with E-state index in [1.54, 1.807) is 7.05 Å². The van der Waals surface area contributed by atoms with Crippen LogP contribution in [0, 0.1) is 0 Å². The molecule has 0 aliphatic rings. The van der Waals surface area contributed by atoms with Gasteiger partial charge in [0.25, 0.3) is 5.91 Å². The highest BCUT2D eigenvalue weighted by molar-refractivity contribution is 6.05. The number of aryl methyl sites for hydroxylation is 1. The lowest BCUT2D eigenvalue weighted by Gasteiger charge is -2.11. The first-order valence-electron chi connectivity index (χ1n) is 5.19. The van der Waals surface area contributed by atoms with Gasteiger partial charge in [-0.2, -0.15) is 18.3 Å². The summed E-state index contributed by atoms with van der Waals surface area (Å²) in [6.07, 6.45) is 0.0752. The Labute approximate surface area is 106 Å². The summed E-state index contributed by atoms with van der Waals surface area (Å²) < 4.78 is 39.6. The van der Waals surface area contributed by atoms with Gasteiger partial charge < -0.3 is 5.32 Å². The van der Waals surface area contributed by atoms with Gasteiger partial charge in [0, 0.05) is 25.6 Å². The lowest BCUT2D eigenvalue weighted by Crippen LogP contribution is -2.18. The molecule has 0 aromatic carbocycles. The fourth-order valence-electron chi connectivity index (χ4n) is 1.51. The van der Waals surface area contributed by atoms with Gasteiger partial charge in [-0.15, -0.1) is 0 Å². The molecule has 2 aromatic rings. The highest BCUT2D eigenvalue weighted by Gasteiger charge is 2.35. The highest BCUT2D eigenvalue weighted by Crippen LogP contribution is 2.31. The molecule has 0 aliphatic heterocycles. The van der Waals surface area contributed by atoms with Crippen LogP contribution >= 0.6 is 0 Å². The van der Waals surface area contributed by atoms with E-state index in [1.165, 1.54) is 17.1 Å². The van der Waals surface area contributed by atoms with E-state index in [0.29, 0.717) is 5.69 Å². The maximum atomic E-state index is 12.7. The molecule has 1 N–H and O–H groups in total. The van der Waals surface area contributed by atoms with E-state index < -0.39 is 23.2 Å². The molecule has 0 radical (unpaired) electrons. The maximum Gasteiger partial charge on any atom is 0.417 e. The number of rotatable bonds is 2. The molecule has 2 aromatic heterocycles. The van der Waals surface area contributed by atoms with E-state index in [1.807, 2.05) is 0 Å². The largest absolute Gasteiger partial charge is 0.417 e. The second kappa shape index (κ2) is 4.71. The van der Waals surface area contributed by atoms with Gasteiger partial charge in [-0.25, -0.2) is 0 Å². The molecule has 0 unspecified atom stereocenters. The second-order valence-electron chi connectivity index (χ2n) is 3.78. The standard InChI is InChI=1S/C11H9F3N4O/c1-18-6-7(4-16-18)17-10(19)8-5-15-3-2-9(8)11(12,13)14/h2-6H,1H3,(H,17,19). The maximum absolute atomic E-state index is 12.7. The zero-order valence-corrected chi connectivity index (χ0v) is 9.77. The Morgan fingerprint density at radius 2 is 2.11 bits per heavy atom. The molecule has 5 nitrogen and oxygen atoms in total. The summed E-state index contributed by atoms with van der Waals surface area (Å²) in [5, 5.41) is 6.13. The Hall–Kier alpha value is -2.38. The van der Waals surface area contributed by atoms with E-state index in [4.69, 9.17) is 0 Å². The first-order chi connectivity index (χ1) is 8.88. The van der Waals surface area contributed by atoms with Crippen molar-refractivity contribution in [3.05, 3.63) is 42.0 Å². The minimum Gasteiger partial charge on any atom is -0.319 e. The highest BCUT2D eigenvalue weighted by atomic mass is 19.4. The predicted octanol–water partition coefficient (Wildman–Crippen LogP) is 2.09. The quantitative estimate of drug-likeness (QED) is 0.909. The molecular weight excluding hydrogens is 261 g/mol. The molecule has 0 fully saturated rings. The first-order valence-corrected chi connectivity index (χ1v) is 5.19. The summed E-state index contributed by atoms with van der Waals surface area (Å²) in [7, 11) is 1.63. The number of nitrogens with one attached hydrogen (secondary N) is 1. The van der Waals surface area contributed by atoms with Gasteiger partial charge in [0.05, 0.1) is 23.0 Å². The Bertz CT molecular complexity index is 606. The molecule has 0 saturated heterocycles. The SMILES string of the molecule is Cn1cc(NC(=O)c2cnccc2C(F)(F)F)cn1. The molecule has 2 rings (SSSR count). The fourth-order valence-corrected chi connectivity index (χ4v) is 1.51. The van der Waals surface area contributed by atoms with Crippen LogP contribution < -0.4 is 5.32 Å². The zero-order valence-electron chi connectivity index (χ0n) is 9.77. The monoisotopic (exact) mass is 270 g/mol. The smallest absolute Gasteiger partial charge is 0.319 e. The lowest BCUT2D eigenvalue weighted by atomic mass is 10.1. The van der Waals surface area contributed by atoms with Crippen molar-refractivity contribution < 1.29 is 18.0 Å². The summed E-state index contributed by atoms with van der Waals surface area (Å²) in [6, 6.07) is 0.762. The van der Waals surface area contributed by atoms with Crippen LogP contribution in [-0.2, 0) is 13.2 Å². The summed E-state index contributed by atoms with van der Waals surface area (Å²) in [5.74, 6) is -0.881. The number of pyridine rings is 1. The number of anilines is 1. The van der Waals surface area contributed by atoms with Crippen LogP contribution in [0.4, 0.5) is 18.9 Å². The normalized spacial score (nSPS) is 11.4. The minimum absolute atomic E-state index is 0.310. The van der Waals surface area contributed by atoms with E-state index in [0.717, 1.165) is 18.5 Å². The average molecular weight is 270 g/mol. The Morgan fingerprint density at radius 3 is 2.68 bits per heavy atom. The molecule has 1 amide bonds. The van der Waals surface area contributed by atoms with Crippen molar-refractivity contribution >= 4 is 11.6 Å². The van der Waals surface area contributed by atoms with Gasteiger partial charge in [0.15, 0.2) is 0 Å². The van der Waals surface area contributed by atoms with Crippen molar-refractivity contribution in [3.63, 3.8) is 0 Å². The molecule has 0 saturated carbocycles. The number of amides is 1. The number of nitrogens with zero attached hydrogens (tertiary/aromatic N) is 3. The van der Waals surface area contributed by atoms with Crippen LogP contribution in [0.5, 0.6) is 0 Å². The van der Waals surface area contributed by atoms with Crippen LogP contribution in [0.2, 0.25) is 0 Å². The van der Waals surface area contributed by atoms with Crippen molar-refractivity contribution in [2.75, 3.05) is 5.32 Å². The van der Waals surface area contributed by atoms with Crippen molar-refractivity contribution in [1.82, 2.24) is 14.8 Å². The van der Waals surface area contributed by atoms with E-state index in [9.17, 15) is 18.0 Å². The summed E-state index contributed by atoms with van der Waals surface area (Å²) in [4.78, 5) is 15.3. The number of alkyl halides is 3. The summed E-state index contributed by atoms with van der Waals surface area (Å²) >= 11 is 0. The van der Waals surface area contributed by atoms with E-state index in [2.05, 4.69) is 15.4 Å². The third kappa shape index (κ3) is 2.90. The van der Waals surface area contributed by atoms with Crippen LogP contribution in [0.25, 0.3) is 0 Å². The first kappa shape index (κ1) is 13.1. The van der Waals surface area contributed by atoms with Crippen LogP contribution in [0.15, 0.2) is 30.9 Å². The molecule has 100 valence electrons.